The number of imide groups is 1. The molecule has 1 aliphatic rings. The van der Waals surface area contributed by atoms with Gasteiger partial charge in [-0.2, -0.15) is 0 Å². The zero-order valence-electron chi connectivity index (χ0n) is 5.71. The summed E-state index contributed by atoms with van der Waals surface area (Å²) in [5.41, 5.74) is 0. The summed E-state index contributed by atoms with van der Waals surface area (Å²) >= 11 is 0.770. The van der Waals surface area contributed by atoms with Crippen LogP contribution in [0.15, 0.2) is 0 Å². The second kappa shape index (κ2) is 2.91. The molecule has 0 saturated carbocycles. The van der Waals surface area contributed by atoms with Gasteiger partial charge in [-0.1, -0.05) is 0 Å². The van der Waals surface area contributed by atoms with Gasteiger partial charge in [0.1, 0.15) is 0 Å². The fourth-order valence-corrected chi connectivity index (χ4v) is 1.40. The highest BCUT2D eigenvalue weighted by atomic mass is 32.2. The van der Waals surface area contributed by atoms with Gasteiger partial charge in [0.25, 0.3) is 11.1 Å². The molecule has 1 saturated heterocycles. The Balaban J connectivity index is 2.53. The predicted octanol–water partition coefficient (Wildman–Crippen LogP) is -0.568. The van der Waals surface area contributed by atoms with Gasteiger partial charge in [0, 0.05) is 6.92 Å². The van der Waals surface area contributed by atoms with Gasteiger partial charge in [-0.3, -0.25) is 19.7 Å². The Morgan fingerprint density at radius 3 is 2.64 bits per heavy atom. The van der Waals surface area contributed by atoms with Crippen molar-refractivity contribution in [2.75, 3.05) is 0 Å². The van der Waals surface area contributed by atoms with Gasteiger partial charge in [0.05, 0.1) is 0 Å². The molecular weight excluding hydrogens is 168 g/mol. The van der Waals surface area contributed by atoms with Crippen LogP contribution in [0.3, 0.4) is 0 Å². The molecule has 1 unspecified atom stereocenters. The molecule has 0 aromatic carbocycles. The first-order valence-electron chi connectivity index (χ1n) is 2.88. The van der Waals surface area contributed by atoms with Crippen molar-refractivity contribution in [3.05, 3.63) is 0 Å². The molecule has 0 spiro atoms. The van der Waals surface area contributed by atoms with Gasteiger partial charge >= 0.3 is 0 Å². The fraction of sp³-hybridized carbons (Fsp3) is 0.400. The summed E-state index contributed by atoms with van der Waals surface area (Å²) in [6.45, 7) is 1.29. The van der Waals surface area contributed by atoms with E-state index in [1.54, 1.807) is 0 Å². The molecule has 6 heteroatoms. The Bertz CT molecular complexity index is 228. The maximum atomic E-state index is 10.8. The third-order valence-corrected chi connectivity index (χ3v) is 1.91. The molecule has 60 valence electrons. The smallest absolute Gasteiger partial charge is 0.288 e. The molecule has 1 fully saturated rings. The first-order valence-corrected chi connectivity index (χ1v) is 3.76. The van der Waals surface area contributed by atoms with Crippen LogP contribution in [0.25, 0.3) is 0 Å². The summed E-state index contributed by atoms with van der Waals surface area (Å²) in [6.07, 6.45) is 0. The van der Waals surface area contributed by atoms with Gasteiger partial charge < -0.3 is 5.32 Å². The third-order valence-electron chi connectivity index (χ3n) is 1.02. The molecule has 1 atom stereocenters. The number of thioether (sulfide) groups is 1. The van der Waals surface area contributed by atoms with E-state index in [-0.39, 0.29) is 5.91 Å². The molecule has 2 N–H and O–H groups in total. The van der Waals surface area contributed by atoms with Gasteiger partial charge in [0.15, 0.2) is 5.37 Å². The van der Waals surface area contributed by atoms with Gasteiger partial charge in [-0.25, -0.2) is 0 Å². The first kappa shape index (κ1) is 8.06. The first-order chi connectivity index (χ1) is 5.09. The van der Waals surface area contributed by atoms with Crippen molar-refractivity contribution >= 4 is 28.8 Å². The molecule has 1 rings (SSSR count). The van der Waals surface area contributed by atoms with Crippen LogP contribution >= 0.6 is 11.8 Å². The molecule has 0 bridgehead atoms. The zero-order chi connectivity index (χ0) is 8.43. The third kappa shape index (κ3) is 1.94. The van der Waals surface area contributed by atoms with Gasteiger partial charge in [-0.15, -0.1) is 0 Å². The Kier molecular flexibility index (Phi) is 2.13. The Morgan fingerprint density at radius 1 is 1.64 bits per heavy atom. The largest absolute Gasteiger partial charge is 0.336 e. The number of nitrogens with one attached hydrogen (secondary N) is 2. The number of rotatable bonds is 1. The highest BCUT2D eigenvalue weighted by Gasteiger charge is 2.31. The Morgan fingerprint density at radius 2 is 2.27 bits per heavy atom. The number of carbonyl (C=O) groups is 3. The predicted molar refractivity (Wildman–Crippen MR) is 38.7 cm³/mol. The zero-order valence-corrected chi connectivity index (χ0v) is 6.53. The highest BCUT2D eigenvalue weighted by Crippen LogP contribution is 2.15. The summed E-state index contributed by atoms with van der Waals surface area (Å²) in [5, 5.41) is 3.18. The van der Waals surface area contributed by atoms with Crippen LogP contribution in [0.5, 0.6) is 0 Å². The molecule has 11 heavy (non-hydrogen) atoms. The summed E-state index contributed by atoms with van der Waals surface area (Å²) in [6, 6.07) is 0. The molecule has 1 heterocycles. The minimum Gasteiger partial charge on any atom is -0.336 e. The van der Waals surface area contributed by atoms with Crippen molar-refractivity contribution in [2.45, 2.75) is 12.3 Å². The summed E-state index contributed by atoms with van der Waals surface area (Å²) < 4.78 is 0. The molecule has 0 aliphatic carbocycles. The number of carbonyl (C=O) groups excluding carboxylic acids is 3. The van der Waals surface area contributed by atoms with Crippen LogP contribution in [0.1, 0.15) is 6.92 Å². The summed E-state index contributed by atoms with van der Waals surface area (Å²) in [5.74, 6) is -0.789. The molecule has 0 radical (unpaired) electrons. The average molecular weight is 174 g/mol. The normalized spacial score (nSPS) is 23.2. The van der Waals surface area contributed by atoms with Crippen LogP contribution in [-0.2, 0) is 9.59 Å². The van der Waals surface area contributed by atoms with Crippen molar-refractivity contribution in [1.29, 1.82) is 0 Å². The van der Waals surface area contributed by atoms with Crippen LogP contribution in [0, 0.1) is 0 Å². The van der Waals surface area contributed by atoms with Crippen LogP contribution < -0.4 is 10.6 Å². The van der Waals surface area contributed by atoms with Crippen molar-refractivity contribution in [1.82, 2.24) is 10.6 Å². The lowest BCUT2D eigenvalue weighted by atomic mass is 10.5. The summed E-state index contributed by atoms with van der Waals surface area (Å²) in [4.78, 5) is 31.7. The van der Waals surface area contributed by atoms with Gasteiger partial charge in [-0.05, 0) is 11.8 Å². The van der Waals surface area contributed by atoms with Gasteiger partial charge in [0.2, 0.25) is 5.91 Å². The van der Waals surface area contributed by atoms with E-state index < -0.39 is 16.5 Å². The molecular formula is C5H6N2O3S. The van der Waals surface area contributed by atoms with E-state index >= 15 is 0 Å². The number of hydrogen-bond acceptors (Lipinski definition) is 4. The van der Waals surface area contributed by atoms with Crippen LogP contribution in [-0.4, -0.2) is 22.4 Å². The lowest BCUT2D eigenvalue weighted by molar-refractivity contribution is -0.124. The lowest BCUT2D eigenvalue weighted by Crippen LogP contribution is -2.37. The second-order valence-electron chi connectivity index (χ2n) is 1.98. The van der Waals surface area contributed by atoms with E-state index in [9.17, 15) is 14.4 Å². The van der Waals surface area contributed by atoms with E-state index in [1.807, 2.05) is 5.32 Å². The monoisotopic (exact) mass is 174 g/mol. The molecule has 0 aromatic heterocycles. The van der Waals surface area contributed by atoms with E-state index in [0.717, 1.165) is 11.8 Å². The fourth-order valence-electron chi connectivity index (χ4n) is 0.636. The standard InChI is InChI=1S/C5H6N2O3S/c1-2(8)6-4-3(9)7-5(10)11-4/h4H,1H3,(H,6,8)(H,7,9,10). The van der Waals surface area contributed by atoms with Crippen molar-refractivity contribution in [3.63, 3.8) is 0 Å². The van der Waals surface area contributed by atoms with E-state index in [4.69, 9.17) is 0 Å². The maximum Gasteiger partial charge on any atom is 0.288 e. The van der Waals surface area contributed by atoms with E-state index in [1.165, 1.54) is 6.92 Å². The second-order valence-corrected chi connectivity index (χ2v) is 3.05. The number of hydrogen-bond donors (Lipinski definition) is 2. The Hall–Kier alpha value is -1.04. The molecule has 3 amide bonds. The number of amides is 3. The minimum atomic E-state index is -0.750. The van der Waals surface area contributed by atoms with Crippen molar-refractivity contribution < 1.29 is 14.4 Å². The maximum absolute atomic E-state index is 10.8. The quantitative estimate of drug-likeness (QED) is 0.558. The van der Waals surface area contributed by atoms with Crippen molar-refractivity contribution in [2.24, 2.45) is 0 Å². The summed E-state index contributed by atoms with van der Waals surface area (Å²) in [7, 11) is 0. The molecule has 1 aliphatic heterocycles. The van der Waals surface area contributed by atoms with E-state index in [0.29, 0.717) is 0 Å². The highest BCUT2D eigenvalue weighted by molar-refractivity contribution is 8.15. The molecule has 5 nitrogen and oxygen atoms in total. The van der Waals surface area contributed by atoms with Crippen molar-refractivity contribution in [3.8, 4) is 0 Å². The Labute approximate surface area is 66.9 Å². The minimum absolute atomic E-state index is 0.327. The average Bonchev–Trinajstić information content (AvgIpc) is 2.09. The van der Waals surface area contributed by atoms with Crippen LogP contribution in [0.2, 0.25) is 0 Å². The lowest BCUT2D eigenvalue weighted by Gasteiger charge is -2.03. The van der Waals surface area contributed by atoms with Crippen LogP contribution in [0.4, 0.5) is 4.79 Å². The SMILES string of the molecule is CC(=O)NC1SC(=O)NC1=O. The molecule has 0 aromatic rings. The topological polar surface area (TPSA) is 75.3 Å². The van der Waals surface area contributed by atoms with E-state index in [2.05, 4.69) is 5.32 Å².